The second kappa shape index (κ2) is 7.30. The van der Waals surface area contributed by atoms with E-state index < -0.39 is 10.0 Å². The molecule has 4 heteroatoms. The van der Waals surface area contributed by atoms with Crippen LogP contribution in [0, 0.1) is 41.5 Å². The average Bonchev–Trinajstić information content (AvgIpc) is 2.56. The number of benzene rings is 2. The van der Waals surface area contributed by atoms with E-state index in [0.29, 0.717) is 18.0 Å². The summed E-state index contributed by atoms with van der Waals surface area (Å²) in [5.41, 5.74) is 7.19. The molecular formula is C21H29NO2S. The van der Waals surface area contributed by atoms with Gasteiger partial charge in [-0.2, -0.15) is 4.31 Å². The Morgan fingerprint density at radius 1 is 0.840 bits per heavy atom. The van der Waals surface area contributed by atoms with Gasteiger partial charge in [-0.1, -0.05) is 36.8 Å². The molecule has 0 N–H and O–H groups in total. The van der Waals surface area contributed by atoms with Gasteiger partial charge >= 0.3 is 0 Å². The Bertz CT molecular complexity index is 869. The van der Waals surface area contributed by atoms with Crippen molar-refractivity contribution in [3.05, 3.63) is 63.2 Å². The highest BCUT2D eigenvalue weighted by Crippen LogP contribution is 2.32. The zero-order chi connectivity index (χ0) is 18.9. The number of hydrogen-bond donors (Lipinski definition) is 0. The van der Waals surface area contributed by atoms with Crippen LogP contribution in [0.1, 0.15) is 45.9 Å². The van der Waals surface area contributed by atoms with Crippen LogP contribution < -0.4 is 0 Å². The minimum Gasteiger partial charge on any atom is -0.207 e. The zero-order valence-electron chi connectivity index (χ0n) is 16.4. The van der Waals surface area contributed by atoms with E-state index in [9.17, 15) is 8.42 Å². The smallest absolute Gasteiger partial charge is 0.207 e. The molecule has 2 aromatic carbocycles. The summed E-state index contributed by atoms with van der Waals surface area (Å²) in [6.45, 7) is 14.7. The van der Waals surface area contributed by atoms with E-state index in [1.54, 1.807) is 4.31 Å². The summed E-state index contributed by atoms with van der Waals surface area (Å²) in [5.74, 6) is 0. The van der Waals surface area contributed by atoms with Crippen LogP contribution in [0.5, 0.6) is 0 Å². The molecule has 0 amide bonds. The Balaban J connectivity index is 2.57. The van der Waals surface area contributed by atoms with Crippen LogP contribution in [-0.4, -0.2) is 19.3 Å². The first-order chi connectivity index (χ1) is 11.6. The standard InChI is InChI=1S/C21H29NO2S/c1-8-22(13-20-11-9-10-14(2)12-20)25(23,24)21-18(6)16(4)15(3)17(5)19(21)7/h9-12H,8,13H2,1-7H3. The molecule has 2 aromatic rings. The van der Waals surface area contributed by atoms with Gasteiger partial charge in [0, 0.05) is 13.1 Å². The molecule has 0 radical (unpaired) electrons. The summed E-state index contributed by atoms with van der Waals surface area (Å²) in [4.78, 5) is 0.475. The predicted octanol–water partition coefficient (Wildman–Crippen LogP) is 4.75. The summed E-state index contributed by atoms with van der Waals surface area (Å²) in [6.07, 6.45) is 0. The lowest BCUT2D eigenvalue weighted by molar-refractivity contribution is 0.422. The van der Waals surface area contributed by atoms with E-state index >= 15 is 0 Å². The Morgan fingerprint density at radius 2 is 1.36 bits per heavy atom. The maximum Gasteiger partial charge on any atom is 0.243 e. The fraction of sp³-hybridized carbons (Fsp3) is 0.429. The maximum atomic E-state index is 13.4. The van der Waals surface area contributed by atoms with Crippen molar-refractivity contribution < 1.29 is 8.42 Å². The second-order valence-corrected chi connectivity index (χ2v) is 8.75. The quantitative estimate of drug-likeness (QED) is 0.773. The van der Waals surface area contributed by atoms with Gasteiger partial charge in [0.05, 0.1) is 4.90 Å². The number of sulfonamides is 1. The summed E-state index contributed by atoms with van der Waals surface area (Å²) in [5, 5.41) is 0. The van der Waals surface area contributed by atoms with Crippen molar-refractivity contribution in [1.82, 2.24) is 4.31 Å². The largest absolute Gasteiger partial charge is 0.243 e. The molecule has 0 saturated heterocycles. The number of aryl methyl sites for hydroxylation is 1. The van der Waals surface area contributed by atoms with Crippen molar-refractivity contribution in [3.63, 3.8) is 0 Å². The highest BCUT2D eigenvalue weighted by Gasteiger charge is 2.29. The van der Waals surface area contributed by atoms with Crippen molar-refractivity contribution in [2.75, 3.05) is 6.54 Å². The van der Waals surface area contributed by atoms with E-state index in [-0.39, 0.29) is 0 Å². The van der Waals surface area contributed by atoms with Crippen LogP contribution in [0.25, 0.3) is 0 Å². The van der Waals surface area contributed by atoms with Crippen molar-refractivity contribution in [2.24, 2.45) is 0 Å². The highest BCUT2D eigenvalue weighted by atomic mass is 32.2. The van der Waals surface area contributed by atoms with E-state index in [1.165, 1.54) is 5.56 Å². The van der Waals surface area contributed by atoms with Gasteiger partial charge < -0.3 is 0 Å². The first-order valence-corrected chi connectivity index (χ1v) is 10.2. The normalized spacial score (nSPS) is 12.0. The van der Waals surface area contributed by atoms with Crippen LogP contribution in [0.15, 0.2) is 29.2 Å². The monoisotopic (exact) mass is 359 g/mol. The van der Waals surface area contributed by atoms with Crippen LogP contribution in [-0.2, 0) is 16.6 Å². The topological polar surface area (TPSA) is 37.4 Å². The molecule has 0 aliphatic rings. The predicted molar refractivity (Wildman–Crippen MR) is 105 cm³/mol. The van der Waals surface area contributed by atoms with Crippen LogP contribution in [0.4, 0.5) is 0 Å². The molecular weight excluding hydrogens is 330 g/mol. The minimum atomic E-state index is -3.55. The molecule has 0 unspecified atom stereocenters. The molecule has 0 aliphatic carbocycles. The van der Waals surface area contributed by atoms with Crippen LogP contribution >= 0.6 is 0 Å². The van der Waals surface area contributed by atoms with E-state index in [2.05, 4.69) is 6.92 Å². The summed E-state index contributed by atoms with van der Waals surface area (Å²) in [6, 6.07) is 8.02. The molecule has 0 heterocycles. The fourth-order valence-corrected chi connectivity index (χ4v) is 5.36. The van der Waals surface area contributed by atoms with Crippen LogP contribution in [0.3, 0.4) is 0 Å². The molecule has 0 aromatic heterocycles. The van der Waals surface area contributed by atoms with E-state index in [0.717, 1.165) is 33.4 Å². The number of hydrogen-bond acceptors (Lipinski definition) is 2. The third-order valence-electron chi connectivity index (χ3n) is 5.32. The van der Waals surface area contributed by atoms with Crippen LogP contribution in [0.2, 0.25) is 0 Å². The van der Waals surface area contributed by atoms with Gasteiger partial charge in [0.2, 0.25) is 10.0 Å². The lowest BCUT2D eigenvalue weighted by Crippen LogP contribution is -2.32. The SMILES string of the molecule is CCN(Cc1cccc(C)c1)S(=O)(=O)c1c(C)c(C)c(C)c(C)c1C. The van der Waals surface area contributed by atoms with Gasteiger partial charge in [-0.15, -0.1) is 0 Å². The minimum absolute atomic E-state index is 0.394. The molecule has 0 atom stereocenters. The maximum absolute atomic E-state index is 13.4. The molecule has 136 valence electrons. The Labute approximate surface area is 152 Å². The van der Waals surface area contributed by atoms with E-state index in [1.807, 2.05) is 65.8 Å². The Morgan fingerprint density at radius 3 is 1.84 bits per heavy atom. The van der Waals surface area contributed by atoms with Gasteiger partial charge in [-0.25, -0.2) is 8.42 Å². The molecule has 0 fully saturated rings. The highest BCUT2D eigenvalue weighted by molar-refractivity contribution is 7.89. The van der Waals surface area contributed by atoms with Gasteiger partial charge in [-0.3, -0.25) is 0 Å². The van der Waals surface area contributed by atoms with Gasteiger partial charge in [0.15, 0.2) is 0 Å². The number of rotatable bonds is 5. The third-order valence-corrected chi connectivity index (χ3v) is 7.52. The van der Waals surface area contributed by atoms with Crippen molar-refractivity contribution in [2.45, 2.75) is 59.9 Å². The molecule has 0 spiro atoms. The molecule has 0 bridgehead atoms. The first-order valence-electron chi connectivity index (χ1n) is 8.73. The average molecular weight is 360 g/mol. The van der Waals surface area contributed by atoms with E-state index in [4.69, 9.17) is 0 Å². The van der Waals surface area contributed by atoms with Gasteiger partial charge in [-0.05, 0) is 74.9 Å². The Hall–Kier alpha value is -1.65. The lowest BCUT2D eigenvalue weighted by atomic mass is 9.95. The van der Waals surface area contributed by atoms with Crippen molar-refractivity contribution >= 4 is 10.0 Å². The summed E-state index contributed by atoms with van der Waals surface area (Å²) < 4.78 is 28.4. The fourth-order valence-electron chi connectivity index (χ4n) is 3.36. The van der Waals surface area contributed by atoms with Crippen molar-refractivity contribution in [1.29, 1.82) is 0 Å². The Kier molecular flexibility index (Phi) is 5.75. The van der Waals surface area contributed by atoms with Crippen molar-refractivity contribution in [3.8, 4) is 0 Å². The number of nitrogens with zero attached hydrogens (tertiary/aromatic N) is 1. The second-order valence-electron chi connectivity index (χ2n) is 6.87. The molecule has 25 heavy (non-hydrogen) atoms. The summed E-state index contributed by atoms with van der Waals surface area (Å²) >= 11 is 0. The lowest BCUT2D eigenvalue weighted by Gasteiger charge is -2.25. The molecule has 2 rings (SSSR count). The first kappa shape index (κ1) is 19.7. The molecule has 0 saturated carbocycles. The van der Waals surface area contributed by atoms with Gasteiger partial charge in [0.25, 0.3) is 0 Å². The zero-order valence-corrected chi connectivity index (χ0v) is 17.2. The summed E-state index contributed by atoms with van der Waals surface area (Å²) in [7, 11) is -3.55. The molecule has 0 aliphatic heterocycles. The van der Waals surface area contributed by atoms with Gasteiger partial charge in [0.1, 0.15) is 0 Å². The molecule has 3 nitrogen and oxygen atoms in total. The third kappa shape index (κ3) is 3.65.